The van der Waals surface area contributed by atoms with Crippen LogP contribution in [0.3, 0.4) is 0 Å². The minimum absolute atomic E-state index is 0.107. The zero-order chi connectivity index (χ0) is 21.4. The Morgan fingerprint density at radius 1 is 1.10 bits per heavy atom. The lowest BCUT2D eigenvalue weighted by Gasteiger charge is -2.32. The molecule has 0 fully saturated rings. The number of nitrogens with one attached hydrogen (secondary N) is 2. The van der Waals surface area contributed by atoms with Crippen molar-refractivity contribution in [3.05, 3.63) is 75.9 Å². The highest BCUT2D eigenvalue weighted by Gasteiger charge is 2.47. The number of aryl methyl sites for hydroxylation is 2. The van der Waals surface area contributed by atoms with Crippen molar-refractivity contribution in [1.29, 1.82) is 0 Å². The van der Waals surface area contributed by atoms with E-state index in [1.807, 2.05) is 57.2 Å². The molecule has 2 unspecified atom stereocenters. The second kappa shape index (κ2) is 7.78. The molecule has 1 aromatic carbocycles. The molecule has 2 aliphatic heterocycles. The Balaban J connectivity index is 1.80. The van der Waals surface area contributed by atoms with Gasteiger partial charge < -0.3 is 15.0 Å². The molecule has 2 aromatic rings. The number of carbonyl (C=O) groups is 2. The number of benzene rings is 1. The van der Waals surface area contributed by atoms with Crippen LogP contribution in [-0.2, 0) is 14.3 Å². The van der Waals surface area contributed by atoms with Gasteiger partial charge in [-0.3, -0.25) is 4.79 Å². The van der Waals surface area contributed by atoms with Crippen molar-refractivity contribution in [3.63, 3.8) is 0 Å². The largest absolute Gasteiger partial charge is 0.463 e. The van der Waals surface area contributed by atoms with Crippen LogP contribution in [0.5, 0.6) is 0 Å². The van der Waals surface area contributed by atoms with Gasteiger partial charge >= 0.3 is 5.97 Å². The number of carbonyl (C=O) groups excluding carboxylic acids is 2. The number of aromatic nitrogens is 1. The molecule has 1 aromatic heterocycles. The number of esters is 1. The maximum absolute atomic E-state index is 13.4. The van der Waals surface area contributed by atoms with Crippen LogP contribution in [0.15, 0.2) is 58.4 Å². The van der Waals surface area contributed by atoms with E-state index in [0.717, 1.165) is 22.5 Å². The van der Waals surface area contributed by atoms with E-state index in [-0.39, 0.29) is 12.4 Å². The standard InChI is InChI=1S/C24H25N3O3/c1-5-30-24(29)19-15(4)26-23-21(20(19)16-9-6-13(2)7-10-16)22(28)18(27-23)12-17-11-8-14(3)25-17/h6-12,20-21,25H,5H2,1-4H3,(H,26,27)/b18-12-. The fourth-order valence-corrected chi connectivity index (χ4v) is 4.09. The smallest absolute Gasteiger partial charge is 0.336 e. The molecule has 0 bridgehead atoms. The number of allylic oxidation sites excluding steroid dienone is 2. The molecule has 2 N–H and O–H groups in total. The summed E-state index contributed by atoms with van der Waals surface area (Å²) in [4.78, 5) is 34.1. The molecule has 0 saturated carbocycles. The summed E-state index contributed by atoms with van der Waals surface area (Å²) in [5.74, 6) is -0.973. The van der Waals surface area contributed by atoms with Crippen LogP contribution < -0.4 is 5.32 Å². The minimum Gasteiger partial charge on any atom is -0.463 e. The highest BCUT2D eigenvalue weighted by Crippen LogP contribution is 2.42. The first-order valence-corrected chi connectivity index (χ1v) is 10.1. The van der Waals surface area contributed by atoms with Crippen molar-refractivity contribution in [2.75, 3.05) is 6.61 Å². The molecule has 4 rings (SSSR count). The molecule has 6 nitrogen and oxygen atoms in total. The van der Waals surface area contributed by atoms with Crippen molar-refractivity contribution in [3.8, 4) is 0 Å². The van der Waals surface area contributed by atoms with Gasteiger partial charge in [0, 0.05) is 23.0 Å². The first kappa shape index (κ1) is 19.9. The lowest BCUT2D eigenvalue weighted by Crippen LogP contribution is -2.42. The molecule has 6 heteroatoms. The van der Waals surface area contributed by atoms with E-state index < -0.39 is 17.8 Å². The van der Waals surface area contributed by atoms with E-state index in [9.17, 15) is 9.59 Å². The monoisotopic (exact) mass is 403 g/mol. The maximum atomic E-state index is 13.4. The van der Waals surface area contributed by atoms with Gasteiger partial charge in [-0.2, -0.15) is 0 Å². The lowest BCUT2D eigenvalue weighted by molar-refractivity contribution is -0.139. The van der Waals surface area contributed by atoms with Gasteiger partial charge in [0.25, 0.3) is 0 Å². The van der Waals surface area contributed by atoms with Gasteiger partial charge in [0.05, 0.1) is 18.1 Å². The van der Waals surface area contributed by atoms with Crippen LogP contribution in [0.25, 0.3) is 6.08 Å². The summed E-state index contributed by atoms with van der Waals surface area (Å²) in [5.41, 5.74) is 5.36. The number of ether oxygens (including phenoxy) is 1. The quantitative estimate of drug-likeness (QED) is 0.601. The highest BCUT2D eigenvalue weighted by atomic mass is 16.5. The Morgan fingerprint density at radius 3 is 2.47 bits per heavy atom. The summed E-state index contributed by atoms with van der Waals surface area (Å²) in [6.07, 6.45) is 1.76. The zero-order valence-electron chi connectivity index (χ0n) is 17.6. The Hall–Kier alpha value is -3.41. The summed E-state index contributed by atoms with van der Waals surface area (Å²) in [6, 6.07) is 11.8. The van der Waals surface area contributed by atoms with Gasteiger partial charge in [-0.1, -0.05) is 29.8 Å². The second-order valence-electron chi connectivity index (χ2n) is 7.74. The molecule has 30 heavy (non-hydrogen) atoms. The number of rotatable bonds is 4. The molecule has 0 amide bonds. The molecule has 3 heterocycles. The van der Waals surface area contributed by atoms with E-state index in [2.05, 4.69) is 15.3 Å². The fraction of sp³-hybridized carbons (Fsp3) is 0.292. The molecule has 0 aliphatic carbocycles. The van der Waals surface area contributed by atoms with Gasteiger partial charge in [0.1, 0.15) is 11.5 Å². The van der Waals surface area contributed by atoms with Crippen LogP contribution >= 0.6 is 0 Å². The molecular weight excluding hydrogens is 378 g/mol. The lowest BCUT2D eigenvalue weighted by atomic mass is 9.75. The van der Waals surface area contributed by atoms with Gasteiger partial charge in [-0.25, -0.2) is 9.79 Å². The number of ketones is 1. The molecule has 2 aliphatic rings. The average Bonchev–Trinajstić information content (AvgIpc) is 3.24. The number of Topliss-reactive ketones (excluding diaryl/α,β-unsaturated/α-hetero) is 1. The number of H-pyrrole nitrogens is 1. The van der Waals surface area contributed by atoms with Gasteiger partial charge in [-0.05, 0) is 51.5 Å². The van der Waals surface area contributed by atoms with Crippen molar-refractivity contribution in [2.45, 2.75) is 33.6 Å². The molecule has 0 radical (unpaired) electrons. The van der Waals surface area contributed by atoms with Crippen LogP contribution in [0, 0.1) is 19.8 Å². The first-order valence-electron chi connectivity index (χ1n) is 10.1. The van der Waals surface area contributed by atoms with Crippen molar-refractivity contribution in [1.82, 2.24) is 10.3 Å². The Labute approximate surface area is 175 Å². The Morgan fingerprint density at radius 2 is 1.83 bits per heavy atom. The second-order valence-corrected chi connectivity index (χ2v) is 7.74. The van der Waals surface area contributed by atoms with Crippen molar-refractivity contribution < 1.29 is 14.3 Å². The molecular formula is C24H25N3O3. The van der Waals surface area contributed by atoms with Crippen LogP contribution in [0.1, 0.15) is 42.3 Å². The fourth-order valence-electron chi connectivity index (χ4n) is 4.09. The predicted octanol–water partition coefficient (Wildman–Crippen LogP) is 3.79. The zero-order valence-corrected chi connectivity index (χ0v) is 17.6. The van der Waals surface area contributed by atoms with E-state index in [1.54, 1.807) is 13.0 Å². The third kappa shape index (κ3) is 3.49. The number of hydrogen-bond donors (Lipinski definition) is 2. The number of hydrogen-bond acceptors (Lipinski definition) is 5. The van der Waals surface area contributed by atoms with E-state index in [0.29, 0.717) is 22.8 Å². The van der Waals surface area contributed by atoms with E-state index in [4.69, 9.17) is 4.74 Å². The van der Waals surface area contributed by atoms with E-state index >= 15 is 0 Å². The Kier molecular flexibility index (Phi) is 5.16. The molecule has 154 valence electrons. The van der Waals surface area contributed by atoms with Crippen LogP contribution in [0.2, 0.25) is 0 Å². The van der Waals surface area contributed by atoms with Crippen LogP contribution in [0.4, 0.5) is 0 Å². The normalized spacial score (nSPS) is 22.1. The Bertz CT molecular complexity index is 1100. The minimum atomic E-state index is -0.585. The van der Waals surface area contributed by atoms with Gasteiger partial charge in [0.2, 0.25) is 0 Å². The summed E-state index contributed by atoms with van der Waals surface area (Å²) >= 11 is 0. The van der Waals surface area contributed by atoms with Crippen LogP contribution in [-0.4, -0.2) is 29.2 Å². The van der Waals surface area contributed by atoms with E-state index in [1.165, 1.54) is 0 Å². The number of amidine groups is 1. The summed E-state index contributed by atoms with van der Waals surface area (Å²) < 4.78 is 5.33. The maximum Gasteiger partial charge on any atom is 0.336 e. The summed E-state index contributed by atoms with van der Waals surface area (Å²) in [6.45, 7) is 7.84. The SMILES string of the molecule is CCOC(=O)C1=C(C)NC2=N/C(=C\c3ccc(C)[nH]3)C(=O)C2C1c1ccc(C)cc1. The number of fused-ring (bicyclic) bond motifs is 1. The molecule has 0 saturated heterocycles. The highest BCUT2D eigenvalue weighted by molar-refractivity contribution is 6.21. The van der Waals surface area contributed by atoms with Gasteiger partial charge in [0.15, 0.2) is 5.78 Å². The van der Waals surface area contributed by atoms with Gasteiger partial charge in [-0.15, -0.1) is 0 Å². The number of aromatic amines is 1. The summed E-state index contributed by atoms with van der Waals surface area (Å²) in [7, 11) is 0. The third-order valence-corrected chi connectivity index (χ3v) is 5.51. The number of nitrogens with zero attached hydrogens (tertiary/aromatic N) is 1. The first-order chi connectivity index (χ1) is 14.4. The third-order valence-electron chi connectivity index (χ3n) is 5.51. The molecule has 0 spiro atoms. The average molecular weight is 403 g/mol. The van der Waals surface area contributed by atoms with Crippen molar-refractivity contribution in [2.24, 2.45) is 10.9 Å². The predicted molar refractivity (Wildman–Crippen MR) is 116 cm³/mol. The van der Waals surface area contributed by atoms with Crippen molar-refractivity contribution >= 4 is 23.7 Å². The molecule has 2 atom stereocenters. The summed E-state index contributed by atoms with van der Waals surface area (Å²) in [5, 5.41) is 3.19. The number of aliphatic imine (C=N–C) groups is 1. The topological polar surface area (TPSA) is 83.5 Å².